The number of benzene rings is 2. The Labute approximate surface area is 183 Å². The molecule has 0 bridgehead atoms. The van der Waals surface area contributed by atoms with Crippen molar-refractivity contribution in [2.45, 2.75) is 25.9 Å². The molecule has 0 aliphatic heterocycles. The van der Waals surface area contributed by atoms with E-state index in [4.69, 9.17) is 0 Å². The van der Waals surface area contributed by atoms with Crippen LogP contribution in [-0.4, -0.2) is 31.4 Å². The number of anilines is 1. The van der Waals surface area contributed by atoms with Gasteiger partial charge in [-0.2, -0.15) is 0 Å². The second kappa shape index (κ2) is 8.81. The number of nitrogens with one attached hydrogen (secondary N) is 1. The van der Waals surface area contributed by atoms with Gasteiger partial charge in [0.2, 0.25) is 5.91 Å². The molecule has 152 valence electrons. The van der Waals surface area contributed by atoms with Gasteiger partial charge >= 0.3 is 0 Å². The summed E-state index contributed by atoms with van der Waals surface area (Å²) in [6.45, 7) is 6.17. The number of nitrogens with zero attached hydrogens (tertiary/aromatic N) is 4. The first-order chi connectivity index (χ1) is 14.5. The number of rotatable bonds is 6. The minimum atomic E-state index is -0.125. The van der Waals surface area contributed by atoms with Crippen molar-refractivity contribution in [3.63, 3.8) is 0 Å². The molecule has 0 aliphatic carbocycles. The van der Waals surface area contributed by atoms with Crippen LogP contribution >= 0.6 is 23.1 Å². The van der Waals surface area contributed by atoms with E-state index < -0.39 is 0 Å². The van der Waals surface area contributed by atoms with Crippen molar-refractivity contribution < 1.29 is 4.79 Å². The van der Waals surface area contributed by atoms with E-state index in [1.54, 1.807) is 6.33 Å². The van der Waals surface area contributed by atoms with Gasteiger partial charge in [0.05, 0.1) is 17.1 Å². The zero-order valence-electron chi connectivity index (χ0n) is 16.9. The van der Waals surface area contributed by atoms with Crippen LogP contribution in [0.2, 0.25) is 0 Å². The largest absolute Gasteiger partial charge is 0.301 e. The Kier molecular flexibility index (Phi) is 5.96. The standard InChI is InChI=1S/C22H21N5OS2/c1-14-4-7-17(8-5-14)18-11-29-21(24-18)25-20(28)12-30-22-26-23-13-27(22)19-9-6-15(2)10-16(19)3/h4-11,13H,12H2,1-3H3,(H,24,25,28). The maximum absolute atomic E-state index is 12.4. The van der Waals surface area contributed by atoms with Gasteiger partial charge in [-0.25, -0.2) is 4.98 Å². The van der Waals surface area contributed by atoms with Crippen LogP contribution in [0.15, 0.2) is 59.3 Å². The minimum absolute atomic E-state index is 0.125. The third kappa shape index (κ3) is 4.60. The number of hydrogen-bond acceptors (Lipinski definition) is 6. The lowest BCUT2D eigenvalue weighted by Gasteiger charge is -2.10. The Morgan fingerprint density at radius 3 is 2.63 bits per heavy atom. The molecule has 0 unspecified atom stereocenters. The highest BCUT2D eigenvalue weighted by Gasteiger charge is 2.13. The first kappa shape index (κ1) is 20.3. The Bertz CT molecular complexity index is 1180. The zero-order chi connectivity index (χ0) is 21.1. The fourth-order valence-corrected chi connectivity index (χ4v) is 4.49. The molecule has 1 N–H and O–H groups in total. The molecule has 8 heteroatoms. The highest BCUT2D eigenvalue weighted by Crippen LogP contribution is 2.26. The molecular formula is C22H21N5OS2. The van der Waals surface area contributed by atoms with Gasteiger partial charge in [0.15, 0.2) is 10.3 Å². The highest BCUT2D eigenvalue weighted by molar-refractivity contribution is 7.99. The van der Waals surface area contributed by atoms with E-state index in [0.29, 0.717) is 10.3 Å². The molecule has 2 aromatic heterocycles. The molecular weight excluding hydrogens is 414 g/mol. The summed E-state index contributed by atoms with van der Waals surface area (Å²) in [6, 6.07) is 14.4. The number of hydrogen-bond donors (Lipinski definition) is 1. The van der Waals surface area contributed by atoms with Crippen molar-refractivity contribution in [1.29, 1.82) is 0 Å². The van der Waals surface area contributed by atoms with Gasteiger partial charge in [0.1, 0.15) is 6.33 Å². The Morgan fingerprint density at radius 2 is 1.87 bits per heavy atom. The first-order valence-electron chi connectivity index (χ1n) is 9.42. The average Bonchev–Trinajstić information content (AvgIpc) is 3.37. The summed E-state index contributed by atoms with van der Waals surface area (Å²) in [5, 5.41) is 14.3. The van der Waals surface area contributed by atoms with E-state index in [2.05, 4.69) is 65.5 Å². The molecule has 0 saturated heterocycles. The SMILES string of the molecule is Cc1ccc(-c2csc(NC(=O)CSc3nncn3-c3ccc(C)cc3C)n2)cc1. The van der Waals surface area contributed by atoms with Crippen LogP contribution in [0, 0.1) is 20.8 Å². The highest BCUT2D eigenvalue weighted by atomic mass is 32.2. The van der Waals surface area contributed by atoms with Gasteiger partial charge in [0.25, 0.3) is 0 Å². The number of carbonyl (C=O) groups excluding carboxylic acids is 1. The summed E-state index contributed by atoms with van der Waals surface area (Å²) in [5.74, 6) is 0.100. The maximum atomic E-state index is 12.4. The van der Waals surface area contributed by atoms with Gasteiger partial charge in [-0.15, -0.1) is 21.5 Å². The summed E-state index contributed by atoms with van der Waals surface area (Å²) in [4.78, 5) is 17.0. The van der Waals surface area contributed by atoms with E-state index in [0.717, 1.165) is 22.5 Å². The van der Waals surface area contributed by atoms with Crippen molar-refractivity contribution >= 4 is 34.1 Å². The van der Waals surface area contributed by atoms with Crippen molar-refractivity contribution in [3.05, 3.63) is 70.9 Å². The van der Waals surface area contributed by atoms with E-state index in [1.165, 1.54) is 34.2 Å². The monoisotopic (exact) mass is 435 g/mol. The number of thioether (sulfide) groups is 1. The van der Waals surface area contributed by atoms with Crippen LogP contribution in [0.1, 0.15) is 16.7 Å². The quantitative estimate of drug-likeness (QED) is 0.429. The fraction of sp³-hybridized carbons (Fsp3) is 0.182. The van der Waals surface area contributed by atoms with E-state index in [-0.39, 0.29) is 11.7 Å². The molecule has 0 atom stereocenters. The lowest BCUT2D eigenvalue weighted by molar-refractivity contribution is -0.113. The molecule has 2 aromatic carbocycles. The molecule has 0 radical (unpaired) electrons. The third-order valence-electron chi connectivity index (χ3n) is 4.56. The molecule has 6 nitrogen and oxygen atoms in total. The number of aromatic nitrogens is 4. The summed E-state index contributed by atoms with van der Waals surface area (Å²) in [5.41, 5.74) is 6.44. The van der Waals surface area contributed by atoms with Crippen molar-refractivity contribution in [2.75, 3.05) is 11.1 Å². The average molecular weight is 436 g/mol. The molecule has 30 heavy (non-hydrogen) atoms. The predicted octanol–water partition coefficient (Wildman–Crippen LogP) is 5.05. The molecule has 4 aromatic rings. The molecule has 2 heterocycles. The first-order valence-corrected chi connectivity index (χ1v) is 11.3. The van der Waals surface area contributed by atoms with Gasteiger partial charge in [-0.1, -0.05) is 59.3 Å². The van der Waals surface area contributed by atoms with Crippen LogP contribution in [-0.2, 0) is 4.79 Å². The molecule has 0 aliphatic rings. The second-order valence-electron chi connectivity index (χ2n) is 7.01. The second-order valence-corrected chi connectivity index (χ2v) is 8.81. The minimum Gasteiger partial charge on any atom is -0.301 e. The number of carbonyl (C=O) groups is 1. The Hall–Kier alpha value is -2.97. The number of thiazole rings is 1. The van der Waals surface area contributed by atoms with Gasteiger partial charge in [0, 0.05) is 10.9 Å². The lowest BCUT2D eigenvalue weighted by atomic mass is 10.1. The fourth-order valence-electron chi connectivity index (χ4n) is 3.04. The Morgan fingerprint density at radius 1 is 1.10 bits per heavy atom. The molecule has 4 rings (SSSR count). The molecule has 1 amide bonds. The summed E-state index contributed by atoms with van der Waals surface area (Å²) >= 11 is 2.77. The van der Waals surface area contributed by atoms with Gasteiger partial charge in [-0.05, 0) is 32.4 Å². The Balaban J connectivity index is 1.39. The van der Waals surface area contributed by atoms with Crippen LogP contribution in [0.3, 0.4) is 0 Å². The smallest absolute Gasteiger partial charge is 0.236 e. The molecule has 0 fully saturated rings. The predicted molar refractivity (Wildman–Crippen MR) is 122 cm³/mol. The van der Waals surface area contributed by atoms with E-state index in [1.807, 2.05) is 28.1 Å². The van der Waals surface area contributed by atoms with Gasteiger partial charge < -0.3 is 5.32 Å². The zero-order valence-corrected chi connectivity index (χ0v) is 18.5. The van der Waals surface area contributed by atoms with E-state index >= 15 is 0 Å². The van der Waals surface area contributed by atoms with E-state index in [9.17, 15) is 4.79 Å². The van der Waals surface area contributed by atoms with Crippen LogP contribution in [0.25, 0.3) is 16.9 Å². The maximum Gasteiger partial charge on any atom is 0.236 e. The summed E-state index contributed by atoms with van der Waals surface area (Å²) in [6.07, 6.45) is 1.67. The molecule has 0 spiro atoms. The van der Waals surface area contributed by atoms with Crippen molar-refractivity contribution in [1.82, 2.24) is 19.7 Å². The normalized spacial score (nSPS) is 10.9. The van der Waals surface area contributed by atoms with Crippen LogP contribution in [0.5, 0.6) is 0 Å². The summed E-state index contributed by atoms with van der Waals surface area (Å²) < 4.78 is 1.91. The van der Waals surface area contributed by atoms with Crippen LogP contribution < -0.4 is 5.32 Å². The topological polar surface area (TPSA) is 72.7 Å². The van der Waals surface area contributed by atoms with Gasteiger partial charge in [-0.3, -0.25) is 9.36 Å². The number of aryl methyl sites for hydroxylation is 3. The number of amides is 1. The molecule has 0 saturated carbocycles. The lowest BCUT2D eigenvalue weighted by Crippen LogP contribution is -2.14. The third-order valence-corrected chi connectivity index (χ3v) is 6.26. The van der Waals surface area contributed by atoms with Crippen molar-refractivity contribution in [2.24, 2.45) is 0 Å². The summed E-state index contributed by atoms with van der Waals surface area (Å²) in [7, 11) is 0. The van der Waals surface area contributed by atoms with Crippen molar-refractivity contribution in [3.8, 4) is 16.9 Å². The van der Waals surface area contributed by atoms with Crippen LogP contribution in [0.4, 0.5) is 5.13 Å².